The van der Waals surface area contributed by atoms with Gasteiger partial charge in [0.1, 0.15) is 5.69 Å². The van der Waals surface area contributed by atoms with Crippen molar-refractivity contribution in [2.24, 2.45) is 7.05 Å². The van der Waals surface area contributed by atoms with E-state index < -0.39 is 6.10 Å². The first-order valence-electron chi connectivity index (χ1n) is 9.50. The Kier molecular flexibility index (Phi) is 7.07. The molecule has 27 heavy (non-hydrogen) atoms. The largest absolute Gasteiger partial charge is 0.389 e. The second-order valence-corrected chi connectivity index (χ2v) is 8.07. The maximum absolute atomic E-state index is 12.0. The van der Waals surface area contributed by atoms with Gasteiger partial charge in [-0.05, 0) is 43.0 Å². The van der Waals surface area contributed by atoms with E-state index in [2.05, 4.69) is 10.2 Å². The predicted molar refractivity (Wildman–Crippen MR) is 107 cm³/mol. The molecule has 0 unspecified atom stereocenters. The van der Waals surface area contributed by atoms with Crippen LogP contribution in [0.3, 0.4) is 0 Å². The minimum absolute atomic E-state index is 0.0758. The van der Waals surface area contributed by atoms with Gasteiger partial charge in [0.05, 0.1) is 25.4 Å². The third-order valence-electron chi connectivity index (χ3n) is 5.16. The molecule has 148 valence electrons. The standard InChI is InChI=1S/C20H29N3O3S/c1-21-20(25)19-9-8-17(22(19)2)18-7-3-4-10-23(18)12-15(24)13-26-14-16-6-5-11-27-16/h5-6,8-9,11,15,18,24H,3-4,7,10,12-14H2,1-2H3,(H,21,25)/t15-,18+/m1/s1. The lowest BCUT2D eigenvalue weighted by atomic mass is 9.99. The molecule has 2 N–H and O–H groups in total. The maximum atomic E-state index is 12.0. The zero-order valence-corrected chi connectivity index (χ0v) is 16.9. The van der Waals surface area contributed by atoms with Crippen molar-refractivity contribution in [1.82, 2.24) is 14.8 Å². The summed E-state index contributed by atoms with van der Waals surface area (Å²) in [6, 6.07) is 8.17. The highest BCUT2D eigenvalue weighted by atomic mass is 32.1. The Balaban J connectivity index is 1.60. The van der Waals surface area contributed by atoms with Crippen molar-refractivity contribution in [2.45, 2.75) is 38.0 Å². The Morgan fingerprint density at radius 3 is 3.00 bits per heavy atom. The average molecular weight is 392 g/mol. The van der Waals surface area contributed by atoms with Gasteiger partial charge in [-0.1, -0.05) is 12.5 Å². The van der Waals surface area contributed by atoms with Crippen LogP contribution < -0.4 is 5.32 Å². The molecule has 0 bridgehead atoms. The van der Waals surface area contributed by atoms with Gasteiger partial charge in [-0.3, -0.25) is 9.69 Å². The molecule has 6 nitrogen and oxygen atoms in total. The number of aliphatic hydroxyl groups excluding tert-OH is 1. The van der Waals surface area contributed by atoms with Crippen LogP contribution in [0.15, 0.2) is 29.6 Å². The molecule has 0 saturated carbocycles. The van der Waals surface area contributed by atoms with Gasteiger partial charge in [0.15, 0.2) is 0 Å². The van der Waals surface area contributed by atoms with Crippen molar-refractivity contribution >= 4 is 17.2 Å². The number of aromatic nitrogens is 1. The van der Waals surface area contributed by atoms with E-state index >= 15 is 0 Å². The Morgan fingerprint density at radius 2 is 2.26 bits per heavy atom. The summed E-state index contributed by atoms with van der Waals surface area (Å²) in [4.78, 5) is 15.5. The number of hydrogen-bond acceptors (Lipinski definition) is 5. The van der Waals surface area contributed by atoms with Gasteiger partial charge in [-0.25, -0.2) is 0 Å². The van der Waals surface area contributed by atoms with Crippen molar-refractivity contribution < 1.29 is 14.6 Å². The van der Waals surface area contributed by atoms with E-state index in [1.807, 2.05) is 41.3 Å². The lowest BCUT2D eigenvalue weighted by Crippen LogP contribution is -2.41. The van der Waals surface area contributed by atoms with Crippen molar-refractivity contribution in [1.29, 1.82) is 0 Å². The molecule has 1 amide bonds. The number of nitrogens with one attached hydrogen (secondary N) is 1. The number of thiophene rings is 1. The van der Waals surface area contributed by atoms with Crippen LogP contribution in [-0.2, 0) is 18.4 Å². The summed E-state index contributed by atoms with van der Waals surface area (Å²) in [5, 5.41) is 15.2. The van der Waals surface area contributed by atoms with Crippen molar-refractivity contribution in [3.8, 4) is 0 Å². The highest BCUT2D eigenvalue weighted by Crippen LogP contribution is 2.31. The summed E-state index contributed by atoms with van der Waals surface area (Å²) >= 11 is 1.66. The van der Waals surface area contributed by atoms with Gasteiger partial charge in [0, 0.05) is 31.2 Å². The summed E-state index contributed by atoms with van der Waals surface area (Å²) < 4.78 is 7.65. The molecular weight excluding hydrogens is 362 g/mol. The van der Waals surface area contributed by atoms with Gasteiger partial charge < -0.3 is 19.7 Å². The van der Waals surface area contributed by atoms with E-state index in [1.54, 1.807) is 18.4 Å². The van der Waals surface area contributed by atoms with Crippen LogP contribution in [0.1, 0.15) is 46.4 Å². The van der Waals surface area contributed by atoms with Crippen molar-refractivity contribution in [3.05, 3.63) is 45.9 Å². The fraction of sp³-hybridized carbons (Fsp3) is 0.550. The van der Waals surface area contributed by atoms with Gasteiger partial charge in [-0.15, -0.1) is 11.3 Å². The molecule has 0 spiro atoms. The molecular formula is C20H29N3O3S. The lowest BCUT2D eigenvalue weighted by molar-refractivity contribution is -0.00389. The fourth-order valence-corrected chi connectivity index (χ4v) is 4.42. The molecule has 1 aliphatic rings. The Hall–Kier alpha value is -1.67. The summed E-state index contributed by atoms with van der Waals surface area (Å²) in [5.74, 6) is -0.0758. The van der Waals surface area contributed by atoms with Crippen LogP contribution in [0.2, 0.25) is 0 Å². The van der Waals surface area contributed by atoms with Crippen LogP contribution >= 0.6 is 11.3 Å². The van der Waals surface area contributed by atoms with Crippen LogP contribution in [0.25, 0.3) is 0 Å². The molecule has 3 heterocycles. The number of β-amino-alcohol motifs (C(OH)–C–C–N with tert-alkyl or cyclic N) is 1. The summed E-state index contributed by atoms with van der Waals surface area (Å²) in [5.41, 5.74) is 1.79. The summed E-state index contributed by atoms with van der Waals surface area (Å²) in [6.07, 6.45) is 2.80. The molecule has 2 atom stereocenters. The number of amides is 1. The zero-order valence-electron chi connectivity index (χ0n) is 16.1. The Labute approximate surface area is 164 Å². The first-order valence-corrected chi connectivity index (χ1v) is 10.4. The third kappa shape index (κ3) is 4.99. The molecule has 2 aromatic rings. The van der Waals surface area contributed by atoms with Gasteiger partial charge in [0.2, 0.25) is 0 Å². The quantitative estimate of drug-likeness (QED) is 0.726. The topological polar surface area (TPSA) is 66.7 Å². The molecule has 7 heteroatoms. The number of nitrogens with zero attached hydrogens (tertiary/aromatic N) is 2. The third-order valence-corrected chi connectivity index (χ3v) is 6.01. The van der Waals surface area contributed by atoms with E-state index in [4.69, 9.17) is 4.74 Å². The molecule has 3 rings (SSSR count). The highest BCUT2D eigenvalue weighted by Gasteiger charge is 2.28. The molecule has 0 aromatic carbocycles. The first kappa shape index (κ1) is 20.1. The van der Waals surface area contributed by atoms with Gasteiger partial charge in [-0.2, -0.15) is 0 Å². The summed E-state index contributed by atoms with van der Waals surface area (Å²) in [7, 11) is 3.59. The van der Waals surface area contributed by atoms with Crippen LogP contribution in [0, 0.1) is 0 Å². The number of piperidine rings is 1. The Bertz CT molecular complexity index is 729. The SMILES string of the molecule is CNC(=O)c1ccc([C@@H]2CCCCN2C[C@@H](O)COCc2cccs2)n1C. The number of ether oxygens (including phenoxy) is 1. The number of hydrogen-bond donors (Lipinski definition) is 2. The number of carbonyl (C=O) groups excluding carboxylic acids is 1. The molecule has 1 saturated heterocycles. The van der Waals surface area contributed by atoms with Crippen LogP contribution in [0.5, 0.6) is 0 Å². The minimum atomic E-state index is -0.524. The predicted octanol–water partition coefficient (Wildman–Crippen LogP) is 2.55. The second-order valence-electron chi connectivity index (χ2n) is 7.04. The molecule has 1 aliphatic heterocycles. The van der Waals surface area contributed by atoms with Crippen LogP contribution in [0.4, 0.5) is 0 Å². The van der Waals surface area contributed by atoms with Gasteiger partial charge in [0.25, 0.3) is 5.91 Å². The number of rotatable bonds is 8. The zero-order chi connectivity index (χ0) is 19.2. The van der Waals surface area contributed by atoms with E-state index in [0.717, 1.165) is 31.5 Å². The van der Waals surface area contributed by atoms with Crippen molar-refractivity contribution in [2.75, 3.05) is 26.7 Å². The van der Waals surface area contributed by atoms with Crippen LogP contribution in [-0.4, -0.2) is 53.3 Å². The fourth-order valence-electron chi connectivity index (χ4n) is 3.78. The van der Waals surface area contributed by atoms with E-state index in [1.165, 1.54) is 4.88 Å². The Morgan fingerprint density at radius 1 is 1.41 bits per heavy atom. The second kappa shape index (κ2) is 9.50. The minimum Gasteiger partial charge on any atom is -0.389 e. The molecule has 2 aromatic heterocycles. The van der Waals surface area contributed by atoms with E-state index in [9.17, 15) is 9.90 Å². The highest BCUT2D eigenvalue weighted by molar-refractivity contribution is 7.09. The molecule has 0 radical (unpaired) electrons. The number of aliphatic hydroxyl groups is 1. The van der Waals surface area contributed by atoms with Crippen molar-refractivity contribution in [3.63, 3.8) is 0 Å². The van der Waals surface area contributed by atoms with E-state index in [0.29, 0.717) is 25.5 Å². The normalized spacial score (nSPS) is 19.1. The van der Waals surface area contributed by atoms with E-state index in [-0.39, 0.29) is 11.9 Å². The molecule has 0 aliphatic carbocycles. The number of likely N-dealkylation sites (tertiary alicyclic amines) is 1. The summed E-state index contributed by atoms with van der Waals surface area (Å²) in [6.45, 7) is 2.41. The monoisotopic (exact) mass is 391 g/mol. The maximum Gasteiger partial charge on any atom is 0.267 e. The molecule has 1 fully saturated rings. The lowest BCUT2D eigenvalue weighted by Gasteiger charge is -2.37. The smallest absolute Gasteiger partial charge is 0.267 e. The van der Waals surface area contributed by atoms with Gasteiger partial charge >= 0.3 is 0 Å². The average Bonchev–Trinajstić information content (AvgIpc) is 3.31. The first-order chi connectivity index (χ1) is 13.1. The number of carbonyl (C=O) groups is 1.